The van der Waals surface area contributed by atoms with Crippen molar-refractivity contribution in [3.05, 3.63) is 58.4 Å². The van der Waals surface area contributed by atoms with Crippen LogP contribution >= 0.6 is 0 Å². The average Bonchev–Trinajstić information content (AvgIpc) is 3.04. The molecule has 1 aliphatic heterocycles. The number of H-pyrrole nitrogens is 1. The van der Waals surface area contributed by atoms with Gasteiger partial charge in [-0.1, -0.05) is 37.3 Å². The highest BCUT2D eigenvalue weighted by Crippen LogP contribution is 2.26. The average molecular weight is 356 g/mol. The molecule has 1 atom stereocenters. The summed E-state index contributed by atoms with van der Waals surface area (Å²) in [6.45, 7) is 5.21. The molecule has 2 heterocycles. The molecule has 1 aromatic heterocycles. The van der Waals surface area contributed by atoms with E-state index in [-0.39, 0.29) is 12.0 Å². The minimum atomic E-state index is -0.418. The first-order valence-electron chi connectivity index (χ1n) is 8.82. The number of methoxy groups -OCH3 is 1. The summed E-state index contributed by atoms with van der Waals surface area (Å²) in [5.74, 6) is -0.532. The lowest BCUT2D eigenvalue weighted by Crippen LogP contribution is -2.42. The van der Waals surface area contributed by atoms with Crippen molar-refractivity contribution in [2.24, 2.45) is 0 Å². The van der Waals surface area contributed by atoms with Crippen LogP contribution in [0, 0.1) is 6.92 Å². The van der Waals surface area contributed by atoms with Crippen LogP contribution in [0.5, 0.6) is 0 Å². The maximum atomic E-state index is 13.1. The molecule has 6 heteroatoms. The van der Waals surface area contributed by atoms with Gasteiger partial charge < -0.3 is 19.4 Å². The lowest BCUT2D eigenvalue weighted by Gasteiger charge is -2.33. The van der Waals surface area contributed by atoms with E-state index in [0.29, 0.717) is 42.9 Å². The van der Waals surface area contributed by atoms with Crippen molar-refractivity contribution in [3.63, 3.8) is 0 Å². The Hall–Kier alpha value is -2.60. The number of nitrogens with one attached hydrogen (secondary N) is 1. The van der Waals surface area contributed by atoms with Gasteiger partial charge in [0.05, 0.1) is 25.8 Å². The minimum absolute atomic E-state index is 0.114. The third-order valence-corrected chi connectivity index (χ3v) is 4.81. The molecule has 3 rings (SSSR count). The number of aromatic nitrogens is 1. The Balaban J connectivity index is 1.85. The smallest absolute Gasteiger partial charge is 0.339 e. The van der Waals surface area contributed by atoms with Gasteiger partial charge in [-0.3, -0.25) is 4.79 Å². The molecule has 138 valence electrons. The third kappa shape index (κ3) is 3.37. The molecule has 6 nitrogen and oxygen atoms in total. The SMILES string of the molecule is CCc1[nH]c(C(=O)N2CCOC(c3ccccc3)C2)c(C)c1C(=O)OC. The molecule has 1 amide bonds. The van der Waals surface area contributed by atoms with Crippen molar-refractivity contribution in [1.82, 2.24) is 9.88 Å². The first-order chi connectivity index (χ1) is 12.6. The summed E-state index contributed by atoms with van der Waals surface area (Å²) in [5.41, 5.74) is 3.34. The molecular weight excluding hydrogens is 332 g/mol. The number of amides is 1. The van der Waals surface area contributed by atoms with Crippen LogP contribution in [0.1, 0.15) is 50.7 Å². The van der Waals surface area contributed by atoms with E-state index < -0.39 is 5.97 Å². The van der Waals surface area contributed by atoms with Crippen molar-refractivity contribution < 1.29 is 19.1 Å². The van der Waals surface area contributed by atoms with Crippen molar-refractivity contribution in [2.75, 3.05) is 26.8 Å². The number of aromatic amines is 1. The number of nitrogens with zero attached hydrogens (tertiary/aromatic N) is 1. The Kier molecular flexibility index (Phi) is 5.42. The fourth-order valence-electron chi connectivity index (χ4n) is 3.38. The molecule has 1 aromatic carbocycles. The Bertz CT molecular complexity index is 798. The van der Waals surface area contributed by atoms with Gasteiger partial charge in [0.1, 0.15) is 11.8 Å². The van der Waals surface area contributed by atoms with Crippen LogP contribution in [0.2, 0.25) is 0 Å². The molecule has 0 aliphatic carbocycles. The van der Waals surface area contributed by atoms with Gasteiger partial charge in [0.2, 0.25) is 0 Å². The summed E-state index contributed by atoms with van der Waals surface area (Å²) in [7, 11) is 1.35. The predicted octanol–water partition coefficient (Wildman–Crippen LogP) is 2.89. The monoisotopic (exact) mass is 356 g/mol. The number of carbonyl (C=O) groups excluding carboxylic acids is 2. The van der Waals surface area contributed by atoms with Crippen LogP contribution < -0.4 is 0 Å². The number of hydrogen-bond donors (Lipinski definition) is 1. The molecule has 1 aliphatic rings. The van der Waals surface area contributed by atoms with E-state index in [1.807, 2.05) is 37.3 Å². The summed E-state index contributed by atoms with van der Waals surface area (Å²) >= 11 is 0. The van der Waals surface area contributed by atoms with Gasteiger partial charge in [0.15, 0.2) is 0 Å². The zero-order chi connectivity index (χ0) is 18.7. The lowest BCUT2D eigenvalue weighted by molar-refractivity contribution is -0.0230. The molecule has 1 N–H and O–H groups in total. The van der Waals surface area contributed by atoms with Crippen molar-refractivity contribution >= 4 is 11.9 Å². The van der Waals surface area contributed by atoms with Crippen LogP contribution in [-0.2, 0) is 15.9 Å². The zero-order valence-corrected chi connectivity index (χ0v) is 15.4. The second-order valence-corrected chi connectivity index (χ2v) is 6.34. The number of morpholine rings is 1. The van der Waals surface area contributed by atoms with E-state index in [1.165, 1.54) is 7.11 Å². The van der Waals surface area contributed by atoms with Crippen molar-refractivity contribution in [2.45, 2.75) is 26.4 Å². The quantitative estimate of drug-likeness (QED) is 0.855. The van der Waals surface area contributed by atoms with Gasteiger partial charge in [-0.25, -0.2) is 4.79 Å². The number of benzene rings is 1. The molecule has 0 bridgehead atoms. The van der Waals surface area contributed by atoms with E-state index in [1.54, 1.807) is 11.8 Å². The number of ether oxygens (including phenoxy) is 2. The van der Waals surface area contributed by atoms with Crippen LogP contribution in [0.4, 0.5) is 0 Å². The molecular formula is C20H24N2O4. The maximum Gasteiger partial charge on any atom is 0.339 e. The summed E-state index contributed by atoms with van der Waals surface area (Å²) in [4.78, 5) is 30.1. The highest BCUT2D eigenvalue weighted by atomic mass is 16.5. The Morgan fingerprint density at radius 1 is 1.31 bits per heavy atom. The topological polar surface area (TPSA) is 71.6 Å². The van der Waals surface area contributed by atoms with Crippen LogP contribution in [0.25, 0.3) is 0 Å². The first-order valence-corrected chi connectivity index (χ1v) is 8.82. The molecule has 1 fully saturated rings. The summed E-state index contributed by atoms with van der Waals surface area (Å²) in [6.07, 6.45) is 0.476. The van der Waals surface area contributed by atoms with Gasteiger partial charge in [0, 0.05) is 12.2 Å². The van der Waals surface area contributed by atoms with Gasteiger partial charge >= 0.3 is 5.97 Å². The third-order valence-electron chi connectivity index (χ3n) is 4.81. The maximum absolute atomic E-state index is 13.1. The standard InChI is InChI=1S/C20H24N2O4/c1-4-15-17(20(24)25-3)13(2)18(21-15)19(23)22-10-11-26-16(12-22)14-8-6-5-7-9-14/h5-9,16,21H,4,10-12H2,1-3H3. The van der Waals surface area contributed by atoms with Gasteiger partial charge in [-0.2, -0.15) is 0 Å². The number of esters is 1. The summed E-state index contributed by atoms with van der Waals surface area (Å²) in [5, 5.41) is 0. The molecule has 0 saturated carbocycles. The van der Waals surface area contributed by atoms with Crippen molar-refractivity contribution in [1.29, 1.82) is 0 Å². The Morgan fingerprint density at radius 3 is 2.69 bits per heavy atom. The highest BCUT2D eigenvalue weighted by molar-refractivity contribution is 6.00. The Labute approximate surface area is 153 Å². The largest absolute Gasteiger partial charge is 0.465 e. The summed E-state index contributed by atoms with van der Waals surface area (Å²) in [6, 6.07) is 9.89. The number of rotatable bonds is 4. The fourth-order valence-corrected chi connectivity index (χ4v) is 3.38. The number of carbonyl (C=O) groups is 2. The molecule has 0 radical (unpaired) electrons. The molecule has 0 spiro atoms. The second kappa shape index (κ2) is 7.74. The molecule has 2 aromatic rings. The van der Waals surface area contributed by atoms with E-state index in [9.17, 15) is 9.59 Å². The predicted molar refractivity (Wildman–Crippen MR) is 97.3 cm³/mol. The first kappa shape index (κ1) is 18.2. The molecule has 26 heavy (non-hydrogen) atoms. The van der Waals surface area contributed by atoms with Gasteiger partial charge in [-0.05, 0) is 24.5 Å². The minimum Gasteiger partial charge on any atom is -0.465 e. The zero-order valence-electron chi connectivity index (χ0n) is 15.4. The van der Waals surface area contributed by atoms with Crippen LogP contribution in [0.3, 0.4) is 0 Å². The number of hydrogen-bond acceptors (Lipinski definition) is 4. The Morgan fingerprint density at radius 2 is 2.04 bits per heavy atom. The van der Waals surface area contributed by atoms with Gasteiger partial charge in [0.25, 0.3) is 5.91 Å². The molecule has 1 unspecified atom stereocenters. The van der Waals surface area contributed by atoms with E-state index >= 15 is 0 Å². The second-order valence-electron chi connectivity index (χ2n) is 6.34. The molecule has 1 saturated heterocycles. The lowest BCUT2D eigenvalue weighted by atomic mass is 10.1. The summed E-state index contributed by atoms with van der Waals surface area (Å²) < 4.78 is 10.7. The van der Waals surface area contributed by atoms with Crippen LogP contribution in [0.15, 0.2) is 30.3 Å². The number of aryl methyl sites for hydroxylation is 1. The van der Waals surface area contributed by atoms with Crippen LogP contribution in [-0.4, -0.2) is 48.6 Å². The van der Waals surface area contributed by atoms with Crippen molar-refractivity contribution in [3.8, 4) is 0 Å². The van der Waals surface area contributed by atoms with E-state index in [2.05, 4.69) is 4.98 Å². The highest BCUT2D eigenvalue weighted by Gasteiger charge is 2.30. The fraction of sp³-hybridized carbons (Fsp3) is 0.400. The van der Waals surface area contributed by atoms with Gasteiger partial charge in [-0.15, -0.1) is 0 Å². The van der Waals surface area contributed by atoms with E-state index in [0.717, 1.165) is 11.3 Å². The normalized spacial score (nSPS) is 17.2. The van der Waals surface area contributed by atoms with E-state index in [4.69, 9.17) is 9.47 Å².